The van der Waals surface area contributed by atoms with E-state index < -0.39 is 5.97 Å². The van der Waals surface area contributed by atoms with Gasteiger partial charge in [0.05, 0.1) is 22.8 Å². The number of aromatic nitrogens is 2. The fourth-order valence-electron chi connectivity index (χ4n) is 1.39. The molecule has 0 saturated heterocycles. The molecule has 1 aromatic carbocycles. The van der Waals surface area contributed by atoms with E-state index in [-0.39, 0.29) is 0 Å². The fourth-order valence-corrected chi connectivity index (χ4v) is 1.39. The molecule has 0 aliphatic rings. The van der Waals surface area contributed by atoms with Crippen LogP contribution < -0.4 is 0 Å². The molecule has 1 aromatic heterocycles. The van der Waals surface area contributed by atoms with Crippen LogP contribution in [0.15, 0.2) is 24.3 Å². The number of carbonyl (C=O) groups is 1. The first-order valence-corrected chi connectivity index (χ1v) is 4.50. The van der Waals surface area contributed by atoms with Crippen LogP contribution in [-0.4, -0.2) is 21.3 Å². The highest BCUT2D eigenvalue weighted by atomic mass is 16.4. The highest BCUT2D eigenvalue weighted by Gasteiger charge is 2.03. The zero-order chi connectivity index (χ0) is 11.5. The summed E-state index contributed by atoms with van der Waals surface area (Å²) in [7, 11) is 0. The number of carboxylic acid groups (broad SMARTS) is 1. The van der Waals surface area contributed by atoms with E-state index in [4.69, 9.17) is 10.4 Å². The first kappa shape index (κ1) is 9.93. The molecule has 0 amide bonds. The molecule has 0 radical (unpaired) electrons. The normalized spacial score (nSPS) is 10.7. The minimum atomic E-state index is -1.02. The van der Waals surface area contributed by atoms with Crippen molar-refractivity contribution in [2.75, 3.05) is 0 Å². The van der Waals surface area contributed by atoms with Gasteiger partial charge in [-0.15, -0.1) is 0 Å². The summed E-state index contributed by atoms with van der Waals surface area (Å²) in [4.78, 5) is 10.4. The van der Waals surface area contributed by atoms with Gasteiger partial charge >= 0.3 is 5.97 Å². The van der Waals surface area contributed by atoms with Crippen LogP contribution in [0.2, 0.25) is 0 Å². The number of aliphatic carboxylic acids is 1. The molecule has 0 aliphatic carbocycles. The Kier molecular flexibility index (Phi) is 2.40. The molecule has 0 atom stereocenters. The lowest BCUT2D eigenvalue weighted by molar-refractivity contribution is -0.131. The number of aromatic amines is 1. The molecule has 1 heterocycles. The van der Waals surface area contributed by atoms with Crippen LogP contribution >= 0.6 is 0 Å². The van der Waals surface area contributed by atoms with Crippen LogP contribution in [0, 0.1) is 11.3 Å². The van der Waals surface area contributed by atoms with E-state index in [1.165, 1.54) is 6.08 Å². The number of nitriles is 1. The molecule has 2 rings (SSSR count). The molecule has 5 heteroatoms. The number of H-pyrrole nitrogens is 1. The van der Waals surface area contributed by atoms with Crippen molar-refractivity contribution in [3.05, 3.63) is 35.5 Å². The molecular weight excluding hydrogens is 206 g/mol. The summed E-state index contributed by atoms with van der Waals surface area (Å²) < 4.78 is 0. The zero-order valence-electron chi connectivity index (χ0n) is 8.14. The molecule has 0 unspecified atom stereocenters. The zero-order valence-corrected chi connectivity index (χ0v) is 8.14. The maximum atomic E-state index is 10.4. The molecule has 0 fully saturated rings. The lowest BCUT2D eigenvalue weighted by Gasteiger charge is -1.90. The van der Waals surface area contributed by atoms with E-state index in [1.54, 1.807) is 18.2 Å². The number of benzene rings is 1. The van der Waals surface area contributed by atoms with Crippen molar-refractivity contribution >= 4 is 22.9 Å². The highest BCUT2D eigenvalue weighted by molar-refractivity contribution is 5.92. The van der Waals surface area contributed by atoms with Gasteiger partial charge in [0.15, 0.2) is 0 Å². The minimum Gasteiger partial charge on any atom is -0.478 e. The second-order valence-electron chi connectivity index (χ2n) is 3.15. The molecule has 2 N–H and O–H groups in total. The number of carboxylic acids is 1. The molecule has 16 heavy (non-hydrogen) atoms. The van der Waals surface area contributed by atoms with Crippen molar-refractivity contribution in [3.63, 3.8) is 0 Å². The van der Waals surface area contributed by atoms with Gasteiger partial charge < -0.3 is 5.11 Å². The van der Waals surface area contributed by atoms with E-state index >= 15 is 0 Å². The van der Waals surface area contributed by atoms with Crippen LogP contribution in [0.1, 0.15) is 11.3 Å². The number of fused-ring (bicyclic) bond motifs is 1. The number of nitrogens with zero attached hydrogens (tertiary/aromatic N) is 2. The predicted molar refractivity (Wildman–Crippen MR) is 57.5 cm³/mol. The standard InChI is InChI=1S/C11H7N3O2/c12-6-7-1-2-8-9(3-4-11(15)16)13-14-10(8)5-7/h1-5H,(H,13,14)(H,15,16)/b4-3+. The summed E-state index contributed by atoms with van der Waals surface area (Å²) in [5.41, 5.74) is 1.79. The summed E-state index contributed by atoms with van der Waals surface area (Å²) in [5.74, 6) is -1.02. The lowest BCUT2D eigenvalue weighted by atomic mass is 10.1. The number of hydrogen-bond donors (Lipinski definition) is 2. The first-order valence-electron chi connectivity index (χ1n) is 4.50. The molecule has 2 aromatic rings. The Morgan fingerprint density at radius 1 is 1.56 bits per heavy atom. The van der Waals surface area contributed by atoms with Crippen molar-refractivity contribution in [1.82, 2.24) is 10.2 Å². The molecule has 0 bridgehead atoms. The Hall–Kier alpha value is -2.61. The maximum absolute atomic E-state index is 10.4. The minimum absolute atomic E-state index is 0.532. The Morgan fingerprint density at radius 3 is 3.06 bits per heavy atom. The Morgan fingerprint density at radius 2 is 2.38 bits per heavy atom. The molecule has 0 aliphatic heterocycles. The second kappa shape index (κ2) is 3.87. The van der Waals surface area contributed by atoms with Crippen LogP contribution in [-0.2, 0) is 4.79 Å². The second-order valence-corrected chi connectivity index (χ2v) is 3.15. The van der Waals surface area contributed by atoms with Crippen LogP contribution in [0.4, 0.5) is 0 Å². The lowest BCUT2D eigenvalue weighted by Crippen LogP contribution is -1.85. The molecule has 78 valence electrons. The Labute approximate surface area is 90.6 Å². The predicted octanol–water partition coefficient (Wildman–Crippen LogP) is 1.53. The van der Waals surface area contributed by atoms with Gasteiger partial charge in [0, 0.05) is 11.5 Å². The van der Waals surface area contributed by atoms with Crippen LogP contribution in [0.3, 0.4) is 0 Å². The van der Waals surface area contributed by atoms with Crippen molar-refractivity contribution in [2.24, 2.45) is 0 Å². The van der Waals surface area contributed by atoms with E-state index in [9.17, 15) is 4.79 Å². The van der Waals surface area contributed by atoms with Gasteiger partial charge in [-0.1, -0.05) is 0 Å². The van der Waals surface area contributed by atoms with Gasteiger partial charge in [0.2, 0.25) is 0 Å². The van der Waals surface area contributed by atoms with Gasteiger partial charge in [0.25, 0.3) is 0 Å². The molecule has 0 spiro atoms. The third-order valence-electron chi connectivity index (χ3n) is 2.11. The van der Waals surface area contributed by atoms with Crippen molar-refractivity contribution in [1.29, 1.82) is 5.26 Å². The SMILES string of the molecule is N#Cc1ccc2c(/C=C/C(=O)O)n[nH]c2c1. The molecule has 5 nitrogen and oxygen atoms in total. The average molecular weight is 213 g/mol. The molecule has 0 saturated carbocycles. The van der Waals surface area contributed by atoms with Gasteiger partial charge in [-0.2, -0.15) is 10.4 Å². The van der Waals surface area contributed by atoms with Crippen LogP contribution in [0.5, 0.6) is 0 Å². The summed E-state index contributed by atoms with van der Waals surface area (Å²) in [6.45, 7) is 0. The van der Waals surface area contributed by atoms with E-state index in [0.29, 0.717) is 16.8 Å². The first-order chi connectivity index (χ1) is 7.70. The third-order valence-corrected chi connectivity index (χ3v) is 2.11. The van der Waals surface area contributed by atoms with Gasteiger partial charge in [-0.05, 0) is 24.3 Å². The van der Waals surface area contributed by atoms with Crippen molar-refractivity contribution in [3.8, 4) is 6.07 Å². The van der Waals surface area contributed by atoms with E-state index in [2.05, 4.69) is 10.2 Å². The largest absolute Gasteiger partial charge is 0.478 e. The topological polar surface area (TPSA) is 89.8 Å². The number of hydrogen-bond acceptors (Lipinski definition) is 3. The van der Waals surface area contributed by atoms with Crippen molar-refractivity contribution < 1.29 is 9.90 Å². The van der Waals surface area contributed by atoms with E-state index in [1.807, 2.05) is 6.07 Å². The number of nitrogens with one attached hydrogen (secondary N) is 1. The van der Waals surface area contributed by atoms with Gasteiger partial charge in [-0.3, -0.25) is 5.10 Å². The molecular formula is C11H7N3O2. The van der Waals surface area contributed by atoms with Crippen LogP contribution in [0.25, 0.3) is 17.0 Å². The summed E-state index contributed by atoms with van der Waals surface area (Å²) in [5, 5.41) is 24.7. The quantitative estimate of drug-likeness (QED) is 0.740. The van der Waals surface area contributed by atoms with Gasteiger partial charge in [-0.25, -0.2) is 4.79 Å². The Bertz CT molecular complexity index is 620. The summed E-state index contributed by atoms with van der Waals surface area (Å²) in [6.07, 6.45) is 2.43. The summed E-state index contributed by atoms with van der Waals surface area (Å²) in [6, 6.07) is 7.08. The third kappa shape index (κ3) is 1.77. The fraction of sp³-hybridized carbons (Fsp3) is 0. The summed E-state index contributed by atoms with van der Waals surface area (Å²) >= 11 is 0. The maximum Gasteiger partial charge on any atom is 0.328 e. The average Bonchev–Trinajstić information content (AvgIpc) is 2.68. The van der Waals surface area contributed by atoms with Crippen molar-refractivity contribution in [2.45, 2.75) is 0 Å². The van der Waals surface area contributed by atoms with E-state index in [0.717, 1.165) is 11.5 Å². The monoisotopic (exact) mass is 213 g/mol. The highest BCUT2D eigenvalue weighted by Crippen LogP contribution is 2.18. The number of rotatable bonds is 2. The Balaban J connectivity index is 2.50. The van der Waals surface area contributed by atoms with Gasteiger partial charge in [0.1, 0.15) is 0 Å². The smallest absolute Gasteiger partial charge is 0.328 e.